The summed E-state index contributed by atoms with van der Waals surface area (Å²) in [7, 11) is 1.91. The van der Waals surface area contributed by atoms with Crippen molar-refractivity contribution < 1.29 is 0 Å². The molecule has 0 spiro atoms. The van der Waals surface area contributed by atoms with Gasteiger partial charge in [0, 0.05) is 25.4 Å². The summed E-state index contributed by atoms with van der Waals surface area (Å²) in [5.74, 6) is 1.03. The van der Waals surface area contributed by atoms with E-state index in [-0.39, 0.29) is 0 Å². The van der Waals surface area contributed by atoms with Crippen LogP contribution in [0.2, 0.25) is 0 Å². The summed E-state index contributed by atoms with van der Waals surface area (Å²) in [4.78, 5) is 4.12. The molecule has 0 atom stereocenters. The van der Waals surface area contributed by atoms with Crippen LogP contribution in [0.1, 0.15) is 13.8 Å². The Morgan fingerprint density at radius 3 is 2.92 bits per heavy atom. The number of hydrogen-bond donors (Lipinski definition) is 1. The number of aromatic nitrogens is 3. The Balaban J connectivity index is 2.17. The zero-order valence-electron chi connectivity index (χ0n) is 8.32. The molecule has 4 nitrogen and oxygen atoms in total. The van der Waals surface area contributed by atoms with Gasteiger partial charge in [-0.1, -0.05) is 25.6 Å². The van der Waals surface area contributed by atoms with Crippen molar-refractivity contribution in [1.29, 1.82) is 0 Å². The van der Waals surface area contributed by atoms with Crippen LogP contribution in [0.15, 0.2) is 11.5 Å². The SMILES string of the molecule is CC(C)NCCSc1ncnn1C. The molecular weight excluding hydrogens is 184 g/mol. The maximum atomic E-state index is 4.12. The van der Waals surface area contributed by atoms with E-state index in [1.54, 1.807) is 22.8 Å². The van der Waals surface area contributed by atoms with Gasteiger partial charge in [-0.15, -0.1) is 0 Å². The van der Waals surface area contributed by atoms with Crippen LogP contribution in [-0.2, 0) is 7.05 Å². The highest BCUT2D eigenvalue weighted by molar-refractivity contribution is 7.99. The lowest BCUT2D eigenvalue weighted by molar-refractivity contribution is 0.615. The Morgan fingerprint density at radius 2 is 2.38 bits per heavy atom. The van der Waals surface area contributed by atoms with E-state index in [1.807, 2.05) is 7.05 Å². The Kier molecular flexibility index (Phi) is 4.24. The van der Waals surface area contributed by atoms with Crippen molar-refractivity contribution in [3.05, 3.63) is 6.33 Å². The molecule has 0 saturated carbocycles. The van der Waals surface area contributed by atoms with Crippen LogP contribution in [0.4, 0.5) is 0 Å². The molecular formula is C8H16N4S. The first-order chi connectivity index (χ1) is 6.20. The molecule has 0 saturated heterocycles. The molecule has 0 aliphatic heterocycles. The van der Waals surface area contributed by atoms with Crippen molar-refractivity contribution in [2.75, 3.05) is 12.3 Å². The monoisotopic (exact) mass is 200 g/mol. The van der Waals surface area contributed by atoms with E-state index in [4.69, 9.17) is 0 Å². The van der Waals surface area contributed by atoms with Gasteiger partial charge in [-0.2, -0.15) is 5.10 Å². The van der Waals surface area contributed by atoms with Gasteiger partial charge in [0.1, 0.15) is 6.33 Å². The maximum Gasteiger partial charge on any atom is 0.185 e. The van der Waals surface area contributed by atoms with Gasteiger partial charge in [0.05, 0.1) is 0 Å². The van der Waals surface area contributed by atoms with E-state index in [0.717, 1.165) is 17.5 Å². The molecule has 13 heavy (non-hydrogen) atoms. The zero-order chi connectivity index (χ0) is 9.68. The van der Waals surface area contributed by atoms with Gasteiger partial charge >= 0.3 is 0 Å². The van der Waals surface area contributed by atoms with E-state index in [0.29, 0.717) is 6.04 Å². The quantitative estimate of drug-likeness (QED) is 0.566. The minimum Gasteiger partial charge on any atom is -0.314 e. The standard InChI is InChI=1S/C8H16N4S/c1-7(2)9-4-5-13-8-10-6-11-12(8)3/h6-7,9H,4-5H2,1-3H3. The summed E-state index contributed by atoms with van der Waals surface area (Å²) >= 11 is 1.72. The fourth-order valence-corrected chi connectivity index (χ4v) is 1.66. The van der Waals surface area contributed by atoms with Gasteiger partial charge in [-0.3, -0.25) is 0 Å². The molecule has 1 heterocycles. The fourth-order valence-electron chi connectivity index (χ4n) is 0.906. The highest BCUT2D eigenvalue weighted by atomic mass is 32.2. The number of nitrogens with one attached hydrogen (secondary N) is 1. The molecule has 0 unspecified atom stereocenters. The van der Waals surface area contributed by atoms with Crippen LogP contribution >= 0.6 is 11.8 Å². The van der Waals surface area contributed by atoms with Crippen molar-refractivity contribution in [3.8, 4) is 0 Å². The lowest BCUT2D eigenvalue weighted by atomic mass is 10.4. The van der Waals surface area contributed by atoms with E-state index < -0.39 is 0 Å². The summed E-state index contributed by atoms with van der Waals surface area (Å²) < 4.78 is 1.79. The van der Waals surface area contributed by atoms with Gasteiger partial charge in [-0.05, 0) is 0 Å². The Bertz CT molecular complexity index is 246. The van der Waals surface area contributed by atoms with Gasteiger partial charge in [-0.25, -0.2) is 9.67 Å². The predicted octanol–water partition coefficient (Wildman–Crippen LogP) is 0.905. The Labute approximate surface area is 83.1 Å². The fraction of sp³-hybridized carbons (Fsp3) is 0.750. The van der Waals surface area contributed by atoms with Crippen molar-refractivity contribution in [1.82, 2.24) is 20.1 Å². The molecule has 0 amide bonds. The van der Waals surface area contributed by atoms with Crippen molar-refractivity contribution >= 4 is 11.8 Å². The lowest BCUT2D eigenvalue weighted by Crippen LogP contribution is -2.25. The predicted molar refractivity (Wildman–Crippen MR) is 54.9 cm³/mol. The summed E-state index contributed by atoms with van der Waals surface area (Å²) in [5, 5.41) is 8.32. The lowest BCUT2D eigenvalue weighted by Gasteiger charge is -2.06. The number of rotatable bonds is 5. The molecule has 0 bridgehead atoms. The van der Waals surface area contributed by atoms with Gasteiger partial charge < -0.3 is 5.32 Å². The molecule has 5 heteroatoms. The van der Waals surface area contributed by atoms with E-state index in [9.17, 15) is 0 Å². The maximum absolute atomic E-state index is 4.12. The third kappa shape index (κ3) is 3.78. The van der Waals surface area contributed by atoms with Crippen LogP contribution in [0.3, 0.4) is 0 Å². The van der Waals surface area contributed by atoms with Crippen molar-refractivity contribution in [2.45, 2.75) is 25.0 Å². The van der Waals surface area contributed by atoms with E-state index in [1.165, 1.54) is 0 Å². The average molecular weight is 200 g/mol. The van der Waals surface area contributed by atoms with E-state index >= 15 is 0 Å². The minimum atomic E-state index is 0.556. The second kappa shape index (κ2) is 5.24. The van der Waals surface area contributed by atoms with Gasteiger partial charge in [0.2, 0.25) is 0 Å². The first-order valence-electron chi connectivity index (χ1n) is 4.40. The number of nitrogens with zero attached hydrogens (tertiary/aromatic N) is 3. The molecule has 0 aliphatic rings. The van der Waals surface area contributed by atoms with Gasteiger partial charge in [0.15, 0.2) is 5.16 Å². The first kappa shape index (κ1) is 10.5. The normalized spacial score (nSPS) is 11.1. The van der Waals surface area contributed by atoms with Crippen LogP contribution in [-0.4, -0.2) is 33.1 Å². The molecule has 74 valence electrons. The third-order valence-electron chi connectivity index (χ3n) is 1.56. The third-order valence-corrected chi connectivity index (χ3v) is 2.59. The van der Waals surface area contributed by atoms with Gasteiger partial charge in [0.25, 0.3) is 0 Å². The summed E-state index contributed by atoms with van der Waals surface area (Å²) in [6.45, 7) is 5.30. The number of thioether (sulfide) groups is 1. The molecule has 1 aromatic rings. The molecule has 0 aromatic carbocycles. The number of aryl methyl sites for hydroxylation is 1. The van der Waals surface area contributed by atoms with Crippen LogP contribution in [0.25, 0.3) is 0 Å². The Morgan fingerprint density at radius 1 is 1.62 bits per heavy atom. The smallest absolute Gasteiger partial charge is 0.185 e. The average Bonchev–Trinajstić information content (AvgIpc) is 2.45. The highest BCUT2D eigenvalue weighted by Gasteiger charge is 2.00. The van der Waals surface area contributed by atoms with Crippen LogP contribution in [0, 0.1) is 0 Å². The second-order valence-corrected chi connectivity index (χ2v) is 4.19. The molecule has 0 fully saturated rings. The van der Waals surface area contributed by atoms with Crippen molar-refractivity contribution in [2.24, 2.45) is 7.05 Å². The van der Waals surface area contributed by atoms with Crippen LogP contribution < -0.4 is 5.32 Å². The first-order valence-corrected chi connectivity index (χ1v) is 5.39. The summed E-state index contributed by atoms with van der Waals surface area (Å²) in [6.07, 6.45) is 1.58. The van der Waals surface area contributed by atoms with E-state index in [2.05, 4.69) is 29.2 Å². The van der Waals surface area contributed by atoms with Crippen LogP contribution in [0.5, 0.6) is 0 Å². The largest absolute Gasteiger partial charge is 0.314 e. The number of hydrogen-bond acceptors (Lipinski definition) is 4. The molecule has 1 rings (SSSR count). The zero-order valence-corrected chi connectivity index (χ0v) is 9.14. The second-order valence-electron chi connectivity index (χ2n) is 3.12. The molecule has 1 aromatic heterocycles. The molecule has 0 radical (unpaired) electrons. The summed E-state index contributed by atoms with van der Waals surface area (Å²) in [5.41, 5.74) is 0. The topological polar surface area (TPSA) is 42.7 Å². The minimum absolute atomic E-state index is 0.556. The Hall–Kier alpha value is -0.550. The van der Waals surface area contributed by atoms with Crippen molar-refractivity contribution in [3.63, 3.8) is 0 Å². The summed E-state index contributed by atoms with van der Waals surface area (Å²) in [6, 6.07) is 0.556. The molecule has 0 aliphatic carbocycles. The molecule has 1 N–H and O–H groups in total. The highest BCUT2D eigenvalue weighted by Crippen LogP contribution is 2.11.